The van der Waals surface area contributed by atoms with Crippen molar-refractivity contribution >= 4 is 17.3 Å². The van der Waals surface area contributed by atoms with Gasteiger partial charge in [-0.1, -0.05) is 26.0 Å². The molecule has 7 nitrogen and oxygen atoms in total. The molecular formula is C33H39F4N5O2. The lowest BCUT2D eigenvalue weighted by molar-refractivity contribution is -0.138. The fraction of sp³-hybridized carbons (Fsp3) is 0.455. The summed E-state index contributed by atoms with van der Waals surface area (Å²) in [6.45, 7) is 10.0. The predicted molar refractivity (Wildman–Crippen MR) is 164 cm³/mol. The van der Waals surface area contributed by atoms with E-state index in [1.54, 1.807) is 24.3 Å². The number of nitrogens with one attached hydrogen (secondary N) is 1. The SMILES string of the molecule is COc1cc(C(F)(F)F)c(C(=O)Nc2cc(-c3cc(CN4CC[C@@H](C(C)C)C4)ccc3F)ccc2N2CCN(C)CC2)cn1. The zero-order valence-corrected chi connectivity index (χ0v) is 25.5. The second-order valence-corrected chi connectivity index (χ2v) is 12.1. The van der Waals surface area contributed by atoms with E-state index in [-0.39, 0.29) is 5.88 Å². The molecule has 0 bridgehead atoms. The first-order valence-electron chi connectivity index (χ1n) is 14.9. The maximum Gasteiger partial charge on any atom is 0.417 e. The third-order valence-electron chi connectivity index (χ3n) is 8.73. The van der Waals surface area contributed by atoms with Crippen molar-refractivity contribution in [3.63, 3.8) is 0 Å². The van der Waals surface area contributed by atoms with E-state index in [0.29, 0.717) is 60.0 Å². The molecule has 2 fully saturated rings. The van der Waals surface area contributed by atoms with E-state index in [1.807, 2.05) is 13.1 Å². The highest BCUT2D eigenvalue weighted by atomic mass is 19.4. The largest absolute Gasteiger partial charge is 0.481 e. The number of likely N-dealkylation sites (tertiary alicyclic amines) is 1. The van der Waals surface area contributed by atoms with Crippen LogP contribution in [0.2, 0.25) is 0 Å². The molecule has 1 amide bonds. The predicted octanol–water partition coefficient (Wildman–Crippen LogP) is 6.40. The third-order valence-corrected chi connectivity index (χ3v) is 8.73. The van der Waals surface area contributed by atoms with E-state index in [4.69, 9.17) is 4.74 Å². The Kier molecular flexibility index (Phi) is 9.45. The number of hydrogen-bond acceptors (Lipinski definition) is 6. The van der Waals surface area contributed by atoms with Crippen molar-refractivity contribution < 1.29 is 27.1 Å². The number of piperazine rings is 1. The molecule has 0 unspecified atom stereocenters. The monoisotopic (exact) mass is 613 g/mol. The molecule has 3 heterocycles. The number of halogens is 4. The Balaban J connectivity index is 1.48. The van der Waals surface area contributed by atoms with Gasteiger partial charge in [-0.05, 0) is 67.2 Å². The Hall–Kier alpha value is -3.70. The molecular weight excluding hydrogens is 574 g/mol. The number of hydrogen-bond donors (Lipinski definition) is 1. The molecule has 0 spiro atoms. The summed E-state index contributed by atoms with van der Waals surface area (Å²) in [5.74, 6) is -0.390. The number of ether oxygens (including phenoxy) is 1. The van der Waals surface area contributed by atoms with E-state index in [1.165, 1.54) is 13.2 Å². The van der Waals surface area contributed by atoms with Crippen molar-refractivity contribution in [1.29, 1.82) is 0 Å². The second-order valence-electron chi connectivity index (χ2n) is 12.1. The summed E-state index contributed by atoms with van der Waals surface area (Å²) in [4.78, 5) is 23.9. The lowest BCUT2D eigenvalue weighted by Crippen LogP contribution is -2.44. The number of anilines is 2. The maximum absolute atomic E-state index is 15.3. The first-order valence-corrected chi connectivity index (χ1v) is 14.9. The highest BCUT2D eigenvalue weighted by molar-refractivity contribution is 6.07. The quantitative estimate of drug-likeness (QED) is 0.297. The van der Waals surface area contributed by atoms with Crippen molar-refractivity contribution in [2.45, 2.75) is 33.0 Å². The molecule has 2 aliphatic heterocycles. The van der Waals surface area contributed by atoms with Crippen molar-refractivity contribution in [2.24, 2.45) is 11.8 Å². The van der Waals surface area contributed by atoms with Gasteiger partial charge in [0.1, 0.15) is 5.82 Å². The number of nitrogens with zero attached hydrogens (tertiary/aromatic N) is 4. The van der Waals surface area contributed by atoms with Gasteiger partial charge >= 0.3 is 6.18 Å². The van der Waals surface area contributed by atoms with Gasteiger partial charge in [0, 0.05) is 57.1 Å². The van der Waals surface area contributed by atoms with Gasteiger partial charge in [-0.25, -0.2) is 9.37 Å². The highest BCUT2D eigenvalue weighted by Gasteiger charge is 2.36. The molecule has 1 atom stereocenters. The van der Waals surface area contributed by atoms with Crippen molar-refractivity contribution in [3.05, 3.63) is 71.2 Å². The second kappa shape index (κ2) is 13.1. The fourth-order valence-corrected chi connectivity index (χ4v) is 5.98. The van der Waals surface area contributed by atoms with E-state index in [9.17, 15) is 18.0 Å². The van der Waals surface area contributed by atoms with Gasteiger partial charge in [0.15, 0.2) is 0 Å². The third kappa shape index (κ3) is 7.15. The topological polar surface area (TPSA) is 60.9 Å². The molecule has 1 N–H and O–H groups in total. The molecule has 0 aliphatic carbocycles. The van der Waals surface area contributed by atoms with Crippen molar-refractivity contribution in [1.82, 2.24) is 14.8 Å². The number of aromatic nitrogens is 1. The van der Waals surface area contributed by atoms with Crippen LogP contribution in [0.15, 0.2) is 48.7 Å². The minimum Gasteiger partial charge on any atom is -0.481 e. The molecule has 0 saturated carbocycles. The average Bonchev–Trinajstić information content (AvgIpc) is 3.47. The van der Waals surface area contributed by atoms with Gasteiger partial charge in [0.05, 0.1) is 29.6 Å². The van der Waals surface area contributed by atoms with Crippen LogP contribution in [0.1, 0.15) is 41.8 Å². The Morgan fingerprint density at radius 3 is 2.48 bits per heavy atom. The summed E-state index contributed by atoms with van der Waals surface area (Å²) >= 11 is 0. The van der Waals surface area contributed by atoms with Crippen LogP contribution in [-0.2, 0) is 12.7 Å². The average molecular weight is 614 g/mol. The van der Waals surface area contributed by atoms with E-state index in [0.717, 1.165) is 44.4 Å². The van der Waals surface area contributed by atoms with Crippen LogP contribution < -0.4 is 15.0 Å². The Morgan fingerprint density at radius 1 is 1.07 bits per heavy atom. The van der Waals surface area contributed by atoms with E-state index >= 15 is 4.39 Å². The number of likely N-dealkylation sites (N-methyl/N-ethyl adjacent to an activating group) is 1. The van der Waals surface area contributed by atoms with Gasteiger partial charge < -0.3 is 19.9 Å². The molecule has 2 saturated heterocycles. The molecule has 1 aromatic heterocycles. The standard InChI is InChI=1S/C33H39F4N5O2/c1-21(2)24-9-10-41(20-24)19-22-5-7-28(34)25(15-22)23-6-8-30(42-13-11-40(3)12-14-42)29(16-23)39-32(43)26-18-38-31(44-4)17-27(26)33(35,36)37/h5-8,15-18,21,24H,9-14,19-20H2,1-4H3,(H,39,43)/t24-/m1/s1. The number of amides is 1. The fourth-order valence-electron chi connectivity index (χ4n) is 5.98. The number of benzene rings is 2. The lowest BCUT2D eigenvalue weighted by Gasteiger charge is -2.35. The number of carbonyl (C=O) groups excluding carboxylic acids is 1. The zero-order chi connectivity index (χ0) is 31.6. The summed E-state index contributed by atoms with van der Waals surface area (Å²) in [6, 6.07) is 11.0. The Labute approximate surface area is 255 Å². The number of pyridine rings is 1. The van der Waals surface area contributed by atoms with E-state index in [2.05, 4.69) is 38.8 Å². The number of rotatable bonds is 8. The minimum absolute atomic E-state index is 0.252. The molecule has 11 heteroatoms. The van der Waals surface area contributed by atoms with Crippen LogP contribution in [0.3, 0.4) is 0 Å². The van der Waals surface area contributed by atoms with Gasteiger partial charge in [-0.15, -0.1) is 0 Å². The summed E-state index contributed by atoms with van der Waals surface area (Å²) in [7, 11) is 3.22. The number of methoxy groups -OCH3 is 1. The van der Waals surface area contributed by atoms with Crippen molar-refractivity contribution in [2.75, 3.05) is 63.6 Å². The first kappa shape index (κ1) is 31.7. The number of carbonyl (C=O) groups is 1. The molecule has 5 rings (SSSR count). The summed E-state index contributed by atoms with van der Waals surface area (Å²) in [6.07, 6.45) is -2.80. The van der Waals surface area contributed by atoms with Crippen molar-refractivity contribution in [3.8, 4) is 17.0 Å². The van der Waals surface area contributed by atoms with Gasteiger partial charge in [0.2, 0.25) is 5.88 Å². The van der Waals surface area contributed by atoms with Gasteiger partial charge in [-0.2, -0.15) is 13.2 Å². The Bertz CT molecular complexity index is 1490. The van der Waals surface area contributed by atoms with E-state index < -0.39 is 29.0 Å². The first-order chi connectivity index (χ1) is 20.9. The van der Waals surface area contributed by atoms with Crippen LogP contribution in [0.4, 0.5) is 28.9 Å². The van der Waals surface area contributed by atoms with Crippen LogP contribution in [0, 0.1) is 17.7 Å². The number of alkyl halides is 3. The van der Waals surface area contributed by atoms with Crippen LogP contribution in [0.25, 0.3) is 11.1 Å². The maximum atomic E-state index is 15.3. The molecule has 236 valence electrons. The molecule has 2 aliphatic rings. The molecule has 3 aromatic rings. The molecule has 0 radical (unpaired) electrons. The minimum atomic E-state index is -4.81. The summed E-state index contributed by atoms with van der Waals surface area (Å²) < 4.78 is 61.9. The van der Waals surface area contributed by atoms with Gasteiger partial charge in [0.25, 0.3) is 5.91 Å². The van der Waals surface area contributed by atoms with Crippen LogP contribution in [0.5, 0.6) is 5.88 Å². The molecule has 2 aromatic carbocycles. The van der Waals surface area contributed by atoms with Gasteiger partial charge in [-0.3, -0.25) is 9.69 Å². The zero-order valence-electron chi connectivity index (χ0n) is 25.5. The van der Waals surface area contributed by atoms with Crippen LogP contribution >= 0.6 is 0 Å². The Morgan fingerprint density at radius 2 is 1.82 bits per heavy atom. The lowest BCUT2D eigenvalue weighted by atomic mass is 9.95. The molecule has 44 heavy (non-hydrogen) atoms. The highest BCUT2D eigenvalue weighted by Crippen LogP contribution is 2.37. The normalized spacial score (nSPS) is 18.2. The van der Waals surface area contributed by atoms with Crippen LogP contribution in [-0.4, -0.2) is 74.1 Å². The smallest absolute Gasteiger partial charge is 0.417 e. The summed E-state index contributed by atoms with van der Waals surface area (Å²) in [5.41, 5.74) is 1.01. The summed E-state index contributed by atoms with van der Waals surface area (Å²) in [5, 5.41) is 2.70.